The van der Waals surface area contributed by atoms with E-state index in [1.54, 1.807) is 0 Å². The zero-order chi connectivity index (χ0) is 14.9. The lowest BCUT2D eigenvalue weighted by Gasteiger charge is -2.37. The number of hydrogen-bond acceptors (Lipinski definition) is 3. The topological polar surface area (TPSA) is 18.5 Å². The van der Waals surface area contributed by atoms with E-state index < -0.39 is 0 Å². The van der Waals surface area contributed by atoms with Crippen molar-refractivity contribution in [2.75, 3.05) is 45.8 Å². The fourth-order valence-corrected chi connectivity index (χ4v) is 3.24. The molecule has 1 aromatic carbocycles. The maximum atomic E-state index is 3.45. The molecule has 0 saturated carbocycles. The molecule has 1 fully saturated rings. The summed E-state index contributed by atoms with van der Waals surface area (Å²) in [6.45, 7) is 12.7. The maximum absolute atomic E-state index is 3.45. The minimum Gasteiger partial charge on any atom is -0.314 e. The number of rotatable bonds is 8. The number of hydrogen-bond donors (Lipinski definition) is 1. The molecule has 1 N–H and O–H groups in total. The van der Waals surface area contributed by atoms with E-state index in [2.05, 4.69) is 59.3 Å². The van der Waals surface area contributed by atoms with Crippen LogP contribution in [0.25, 0.3) is 0 Å². The van der Waals surface area contributed by atoms with Crippen LogP contribution in [0.15, 0.2) is 30.3 Å². The first kappa shape index (κ1) is 16.5. The molecule has 0 radical (unpaired) electrons. The van der Waals surface area contributed by atoms with Gasteiger partial charge in [-0.25, -0.2) is 0 Å². The van der Waals surface area contributed by atoms with Gasteiger partial charge in [0.2, 0.25) is 0 Å². The summed E-state index contributed by atoms with van der Waals surface area (Å²) in [5.74, 6) is 0. The Balaban J connectivity index is 2.11. The van der Waals surface area contributed by atoms with Crippen LogP contribution in [0, 0.1) is 0 Å². The van der Waals surface area contributed by atoms with Crippen molar-refractivity contribution in [1.29, 1.82) is 0 Å². The average molecular weight is 289 g/mol. The van der Waals surface area contributed by atoms with E-state index in [-0.39, 0.29) is 0 Å². The van der Waals surface area contributed by atoms with E-state index in [0.29, 0.717) is 6.04 Å². The van der Waals surface area contributed by atoms with Crippen LogP contribution in [0.5, 0.6) is 0 Å². The van der Waals surface area contributed by atoms with Gasteiger partial charge in [-0.15, -0.1) is 0 Å². The molecule has 3 heteroatoms. The van der Waals surface area contributed by atoms with Gasteiger partial charge < -0.3 is 5.32 Å². The van der Waals surface area contributed by atoms with Crippen LogP contribution < -0.4 is 5.32 Å². The van der Waals surface area contributed by atoms with Crippen LogP contribution in [0.2, 0.25) is 0 Å². The number of piperazine rings is 1. The van der Waals surface area contributed by atoms with Crippen molar-refractivity contribution in [3.8, 4) is 0 Å². The molecule has 0 bridgehead atoms. The summed E-state index contributed by atoms with van der Waals surface area (Å²) in [7, 11) is 0. The van der Waals surface area contributed by atoms with Crippen LogP contribution in [-0.2, 0) is 0 Å². The molecule has 1 aliphatic heterocycles. The highest BCUT2D eigenvalue weighted by Gasteiger charge is 2.22. The Hall–Kier alpha value is -0.900. The molecule has 2 rings (SSSR count). The second-order valence-electron chi connectivity index (χ2n) is 6.01. The molecule has 118 valence electrons. The van der Waals surface area contributed by atoms with Gasteiger partial charge in [0.25, 0.3) is 0 Å². The van der Waals surface area contributed by atoms with Crippen molar-refractivity contribution >= 4 is 0 Å². The number of nitrogens with one attached hydrogen (secondary N) is 1. The predicted octanol–water partition coefficient (Wildman–Crippen LogP) is 2.75. The van der Waals surface area contributed by atoms with Crippen LogP contribution in [0.4, 0.5) is 0 Å². The predicted molar refractivity (Wildman–Crippen MR) is 90.6 cm³/mol. The lowest BCUT2D eigenvalue weighted by Crippen LogP contribution is -2.47. The average Bonchev–Trinajstić information content (AvgIpc) is 2.54. The second kappa shape index (κ2) is 9.19. The fourth-order valence-electron chi connectivity index (χ4n) is 3.24. The summed E-state index contributed by atoms with van der Waals surface area (Å²) < 4.78 is 0. The molecule has 0 aromatic heterocycles. The van der Waals surface area contributed by atoms with E-state index in [0.717, 1.165) is 19.6 Å². The van der Waals surface area contributed by atoms with Gasteiger partial charge in [-0.2, -0.15) is 0 Å². The third-order valence-corrected chi connectivity index (χ3v) is 4.29. The van der Waals surface area contributed by atoms with E-state index >= 15 is 0 Å². The van der Waals surface area contributed by atoms with E-state index in [1.165, 1.54) is 44.6 Å². The molecule has 0 spiro atoms. The number of benzene rings is 1. The first-order chi connectivity index (χ1) is 10.3. The van der Waals surface area contributed by atoms with Crippen LogP contribution in [-0.4, -0.2) is 55.6 Å². The highest BCUT2D eigenvalue weighted by molar-refractivity contribution is 5.19. The van der Waals surface area contributed by atoms with E-state index in [9.17, 15) is 0 Å². The standard InChI is InChI=1S/C18H31N3/c1-3-12-21(13-4-2)18(17-8-6-5-7-9-17)16-20-14-10-19-11-15-20/h5-9,18-19H,3-4,10-16H2,1-2H3. The Bertz CT molecular complexity index is 367. The summed E-state index contributed by atoms with van der Waals surface area (Å²) in [4.78, 5) is 5.30. The molecular weight excluding hydrogens is 258 g/mol. The molecule has 1 unspecified atom stereocenters. The molecule has 0 aliphatic carbocycles. The highest BCUT2D eigenvalue weighted by atomic mass is 15.2. The van der Waals surface area contributed by atoms with E-state index in [4.69, 9.17) is 0 Å². The second-order valence-corrected chi connectivity index (χ2v) is 6.01. The van der Waals surface area contributed by atoms with Gasteiger partial charge in [-0.05, 0) is 31.5 Å². The summed E-state index contributed by atoms with van der Waals surface area (Å²) in [5.41, 5.74) is 1.47. The molecule has 0 amide bonds. The molecule has 1 aliphatic rings. The Morgan fingerprint density at radius 1 is 1.05 bits per heavy atom. The Kier molecular flexibility index (Phi) is 7.20. The van der Waals surface area contributed by atoms with Gasteiger partial charge in [-0.1, -0.05) is 44.2 Å². The molecule has 1 heterocycles. The Labute approximate surface area is 130 Å². The van der Waals surface area contributed by atoms with Crippen LogP contribution >= 0.6 is 0 Å². The third-order valence-electron chi connectivity index (χ3n) is 4.29. The van der Waals surface area contributed by atoms with Crippen molar-refractivity contribution in [2.24, 2.45) is 0 Å². The first-order valence-electron chi connectivity index (χ1n) is 8.57. The Morgan fingerprint density at radius 3 is 2.24 bits per heavy atom. The minimum absolute atomic E-state index is 0.532. The van der Waals surface area contributed by atoms with Gasteiger partial charge in [0.15, 0.2) is 0 Å². The molecule has 1 atom stereocenters. The highest BCUT2D eigenvalue weighted by Crippen LogP contribution is 2.23. The summed E-state index contributed by atoms with van der Waals surface area (Å²) >= 11 is 0. The summed E-state index contributed by atoms with van der Waals surface area (Å²) in [6, 6.07) is 11.6. The minimum atomic E-state index is 0.532. The normalized spacial score (nSPS) is 18.0. The zero-order valence-corrected chi connectivity index (χ0v) is 13.7. The summed E-state index contributed by atoms with van der Waals surface area (Å²) in [5, 5.41) is 3.45. The third kappa shape index (κ3) is 5.10. The van der Waals surface area contributed by atoms with Crippen LogP contribution in [0.3, 0.4) is 0 Å². The molecular formula is C18H31N3. The largest absolute Gasteiger partial charge is 0.314 e. The lowest BCUT2D eigenvalue weighted by atomic mass is 10.0. The smallest absolute Gasteiger partial charge is 0.0475 e. The van der Waals surface area contributed by atoms with Crippen molar-refractivity contribution in [3.05, 3.63) is 35.9 Å². The van der Waals surface area contributed by atoms with Crippen LogP contribution in [0.1, 0.15) is 38.3 Å². The first-order valence-corrected chi connectivity index (χ1v) is 8.57. The Morgan fingerprint density at radius 2 is 1.67 bits per heavy atom. The van der Waals surface area contributed by atoms with E-state index in [1.807, 2.05) is 0 Å². The van der Waals surface area contributed by atoms with Crippen molar-refractivity contribution < 1.29 is 0 Å². The monoisotopic (exact) mass is 289 g/mol. The van der Waals surface area contributed by atoms with Gasteiger partial charge in [0.1, 0.15) is 0 Å². The SMILES string of the molecule is CCCN(CCC)C(CN1CCNCC1)c1ccccc1. The number of nitrogens with zero attached hydrogens (tertiary/aromatic N) is 2. The quantitative estimate of drug-likeness (QED) is 0.794. The van der Waals surface area contributed by atoms with Crippen molar-refractivity contribution in [1.82, 2.24) is 15.1 Å². The van der Waals surface area contributed by atoms with Crippen molar-refractivity contribution in [3.63, 3.8) is 0 Å². The lowest BCUT2D eigenvalue weighted by molar-refractivity contribution is 0.129. The van der Waals surface area contributed by atoms with Gasteiger partial charge >= 0.3 is 0 Å². The molecule has 1 aromatic rings. The van der Waals surface area contributed by atoms with Crippen molar-refractivity contribution in [2.45, 2.75) is 32.7 Å². The molecule has 21 heavy (non-hydrogen) atoms. The van der Waals surface area contributed by atoms with Gasteiger partial charge in [-0.3, -0.25) is 9.80 Å². The van der Waals surface area contributed by atoms with Gasteiger partial charge in [0.05, 0.1) is 0 Å². The fraction of sp³-hybridized carbons (Fsp3) is 0.667. The molecule has 1 saturated heterocycles. The summed E-state index contributed by atoms with van der Waals surface area (Å²) in [6.07, 6.45) is 2.45. The van der Waals surface area contributed by atoms with Gasteiger partial charge in [0, 0.05) is 38.8 Å². The molecule has 3 nitrogen and oxygen atoms in total. The maximum Gasteiger partial charge on any atom is 0.0475 e. The zero-order valence-electron chi connectivity index (χ0n) is 13.7.